The summed E-state index contributed by atoms with van der Waals surface area (Å²) in [7, 11) is 0. The maximum atomic E-state index is 9.94. The summed E-state index contributed by atoms with van der Waals surface area (Å²) in [6.07, 6.45) is 7.29. The van der Waals surface area contributed by atoms with Crippen LogP contribution in [0, 0.1) is 0 Å². The van der Waals surface area contributed by atoms with Gasteiger partial charge in [-0.05, 0) is 45.4 Å². The van der Waals surface area contributed by atoms with Crippen LogP contribution in [0.15, 0.2) is 0 Å². The van der Waals surface area contributed by atoms with Crippen molar-refractivity contribution in [3.63, 3.8) is 0 Å². The van der Waals surface area contributed by atoms with Crippen molar-refractivity contribution in [1.29, 1.82) is 0 Å². The molecule has 1 saturated heterocycles. The van der Waals surface area contributed by atoms with Gasteiger partial charge in [-0.3, -0.25) is 4.90 Å². The van der Waals surface area contributed by atoms with Crippen molar-refractivity contribution in [3.8, 4) is 0 Å². The van der Waals surface area contributed by atoms with Crippen molar-refractivity contribution in [2.45, 2.75) is 76.6 Å². The lowest BCUT2D eigenvalue weighted by Crippen LogP contribution is -2.46. The van der Waals surface area contributed by atoms with Crippen LogP contribution in [0.1, 0.15) is 52.4 Å². The van der Waals surface area contributed by atoms with Crippen LogP contribution >= 0.6 is 0 Å². The van der Waals surface area contributed by atoms with Gasteiger partial charge >= 0.3 is 0 Å². The summed E-state index contributed by atoms with van der Waals surface area (Å²) in [6.45, 7) is 4.59. The lowest BCUT2D eigenvalue weighted by molar-refractivity contribution is 0.0418. The molecule has 4 atom stereocenters. The highest BCUT2D eigenvalue weighted by Gasteiger charge is 2.39. The van der Waals surface area contributed by atoms with Crippen LogP contribution in [0.4, 0.5) is 0 Å². The Morgan fingerprint density at radius 1 is 1.21 bits per heavy atom. The molecule has 0 bridgehead atoms. The first-order valence-electron chi connectivity index (χ1n) is 6.19. The van der Waals surface area contributed by atoms with Crippen molar-refractivity contribution >= 4 is 0 Å². The molecular weight excluding hydrogens is 174 g/mol. The smallest absolute Gasteiger partial charge is 0.0695 e. The molecule has 1 saturated carbocycles. The monoisotopic (exact) mass is 197 g/mol. The fourth-order valence-corrected chi connectivity index (χ4v) is 3.37. The van der Waals surface area contributed by atoms with E-state index < -0.39 is 0 Å². The van der Waals surface area contributed by atoms with Crippen molar-refractivity contribution in [3.05, 3.63) is 0 Å². The Labute approximate surface area is 87.3 Å². The Kier molecular flexibility index (Phi) is 3.13. The minimum absolute atomic E-state index is 0.0513. The number of aliphatic hydroxyl groups is 1. The van der Waals surface area contributed by atoms with Gasteiger partial charge in [0.25, 0.3) is 0 Å². The van der Waals surface area contributed by atoms with E-state index in [0.29, 0.717) is 12.1 Å². The van der Waals surface area contributed by atoms with Gasteiger partial charge < -0.3 is 5.11 Å². The molecule has 2 heteroatoms. The summed E-state index contributed by atoms with van der Waals surface area (Å²) < 4.78 is 0. The molecule has 1 N–H and O–H groups in total. The Morgan fingerprint density at radius 2 is 2.00 bits per heavy atom. The molecule has 1 heterocycles. The zero-order valence-electron chi connectivity index (χ0n) is 9.45. The van der Waals surface area contributed by atoms with Gasteiger partial charge in [-0.15, -0.1) is 0 Å². The fourth-order valence-electron chi connectivity index (χ4n) is 3.37. The predicted octanol–water partition coefficient (Wildman–Crippen LogP) is 2.16. The third-order valence-electron chi connectivity index (χ3n) is 4.15. The van der Waals surface area contributed by atoms with Gasteiger partial charge in [0.15, 0.2) is 0 Å². The second kappa shape index (κ2) is 4.19. The lowest BCUT2D eigenvalue weighted by atomic mass is 10.1. The molecule has 0 aromatic heterocycles. The standard InChI is InChI=1S/C12H23NO/c1-3-10-8-7-9(2)13(10)11-5-4-6-12(11)14/h9-12,14H,3-8H2,1-2H3/t9?,10?,11-,12-/m0/s1. The second-order valence-electron chi connectivity index (χ2n) is 5.00. The average Bonchev–Trinajstić information content (AvgIpc) is 2.72. The largest absolute Gasteiger partial charge is 0.391 e. The molecule has 1 aliphatic heterocycles. The topological polar surface area (TPSA) is 23.5 Å². The van der Waals surface area contributed by atoms with Gasteiger partial charge in [0, 0.05) is 18.1 Å². The van der Waals surface area contributed by atoms with Crippen LogP contribution in [0.3, 0.4) is 0 Å². The molecule has 0 spiro atoms. The normalized spacial score (nSPS) is 44.8. The minimum Gasteiger partial charge on any atom is -0.391 e. The molecule has 14 heavy (non-hydrogen) atoms. The van der Waals surface area contributed by atoms with E-state index in [-0.39, 0.29) is 6.10 Å². The Balaban J connectivity index is 2.06. The third kappa shape index (κ3) is 1.70. The number of hydrogen-bond donors (Lipinski definition) is 1. The quantitative estimate of drug-likeness (QED) is 0.733. The van der Waals surface area contributed by atoms with E-state index >= 15 is 0 Å². The number of hydrogen-bond acceptors (Lipinski definition) is 2. The summed E-state index contributed by atoms with van der Waals surface area (Å²) >= 11 is 0. The van der Waals surface area contributed by atoms with Gasteiger partial charge in [-0.25, -0.2) is 0 Å². The predicted molar refractivity (Wildman–Crippen MR) is 58.3 cm³/mol. The van der Waals surface area contributed by atoms with E-state index in [0.717, 1.165) is 12.5 Å². The molecule has 0 radical (unpaired) electrons. The van der Waals surface area contributed by atoms with Crippen LogP contribution < -0.4 is 0 Å². The summed E-state index contributed by atoms with van der Waals surface area (Å²) in [4.78, 5) is 2.61. The van der Waals surface area contributed by atoms with Crippen molar-refractivity contribution in [2.24, 2.45) is 0 Å². The average molecular weight is 197 g/mol. The zero-order valence-corrected chi connectivity index (χ0v) is 9.45. The molecule has 2 unspecified atom stereocenters. The Hall–Kier alpha value is -0.0800. The second-order valence-corrected chi connectivity index (χ2v) is 5.00. The molecule has 2 aliphatic rings. The molecule has 2 rings (SSSR count). The molecule has 82 valence electrons. The minimum atomic E-state index is -0.0513. The van der Waals surface area contributed by atoms with Gasteiger partial charge in [0.05, 0.1) is 6.10 Å². The summed E-state index contributed by atoms with van der Waals surface area (Å²) in [5.41, 5.74) is 0. The zero-order chi connectivity index (χ0) is 10.1. The highest BCUT2D eigenvalue weighted by Crippen LogP contribution is 2.34. The van der Waals surface area contributed by atoms with E-state index in [9.17, 15) is 5.11 Å². The van der Waals surface area contributed by atoms with Gasteiger partial charge in [-0.1, -0.05) is 6.92 Å². The van der Waals surface area contributed by atoms with Crippen molar-refractivity contribution < 1.29 is 5.11 Å². The highest BCUT2D eigenvalue weighted by molar-refractivity contribution is 4.94. The van der Waals surface area contributed by atoms with Gasteiger partial charge in [0.2, 0.25) is 0 Å². The third-order valence-corrected chi connectivity index (χ3v) is 4.15. The maximum absolute atomic E-state index is 9.94. The van der Waals surface area contributed by atoms with Gasteiger partial charge in [-0.2, -0.15) is 0 Å². The van der Waals surface area contributed by atoms with Crippen LogP contribution in [-0.2, 0) is 0 Å². The number of rotatable bonds is 2. The molecule has 0 aromatic carbocycles. The molecule has 0 aromatic rings. The SMILES string of the molecule is CCC1CCC(C)N1[C@H]1CCC[C@@H]1O. The Bertz CT molecular complexity index is 195. The van der Waals surface area contributed by atoms with E-state index in [1.54, 1.807) is 0 Å². The first-order valence-corrected chi connectivity index (χ1v) is 6.19. The van der Waals surface area contributed by atoms with Crippen molar-refractivity contribution in [2.75, 3.05) is 0 Å². The lowest BCUT2D eigenvalue weighted by Gasteiger charge is -2.35. The van der Waals surface area contributed by atoms with Crippen molar-refractivity contribution in [1.82, 2.24) is 4.90 Å². The first-order chi connectivity index (χ1) is 6.74. The molecular formula is C12H23NO. The number of likely N-dealkylation sites (tertiary alicyclic amines) is 1. The van der Waals surface area contributed by atoms with E-state index in [2.05, 4.69) is 18.7 Å². The van der Waals surface area contributed by atoms with E-state index in [1.165, 1.54) is 32.1 Å². The number of nitrogens with zero attached hydrogens (tertiary/aromatic N) is 1. The molecule has 1 aliphatic carbocycles. The summed E-state index contributed by atoms with van der Waals surface area (Å²) in [6, 6.07) is 1.90. The van der Waals surface area contributed by atoms with Gasteiger partial charge in [0.1, 0.15) is 0 Å². The summed E-state index contributed by atoms with van der Waals surface area (Å²) in [5, 5.41) is 9.94. The Morgan fingerprint density at radius 3 is 2.57 bits per heavy atom. The fraction of sp³-hybridized carbons (Fsp3) is 1.00. The van der Waals surface area contributed by atoms with Crippen LogP contribution in [0.2, 0.25) is 0 Å². The summed E-state index contributed by atoms with van der Waals surface area (Å²) in [5.74, 6) is 0. The number of aliphatic hydroxyl groups excluding tert-OH is 1. The highest BCUT2D eigenvalue weighted by atomic mass is 16.3. The molecule has 0 amide bonds. The van der Waals surface area contributed by atoms with Crippen LogP contribution in [0.5, 0.6) is 0 Å². The van der Waals surface area contributed by atoms with E-state index in [4.69, 9.17) is 0 Å². The van der Waals surface area contributed by atoms with Crippen LogP contribution in [-0.4, -0.2) is 34.2 Å². The first kappa shape index (κ1) is 10.4. The van der Waals surface area contributed by atoms with E-state index in [1.807, 2.05) is 0 Å². The van der Waals surface area contributed by atoms with Crippen LogP contribution in [0.25, 0.3) is 0 Å². The molecule has 2 nitrogen and oxygen atoms in total. The molecule has 2 fully saturated rings. The maximum Gasteiger partial charge on any atom is 0.0695 e.